The first-order chi connectivity index (χ1) is 10.7. The molecule has 1 aromatic heterocycles. The molecule has 0 radical (unpaired) electrons. The number of carbonyl (C=O) groups is 1. The van der Waals surface area contributed by atoms with E-state index in [1.165, 1.54) is 51.6 Å². The van der Waals surface area contributed by atoms with Gasteiger partial charge in [-0.15, -0.1) is 0 Å². The maximum absolute atomic E-state index is 12.6. The molecule has 2 aliphatic rings. The van der Waals surface area contributed by atoms with E-state index in [1.807, 2.05) is 6.92 Å². The van der Waals surface area contributed by atoms with E-state index in [2.05, 4.69) is 25.6 Å². The number of carbonyl (C=O) groups excluding carboxylic acids is 1. The average Bonchev–Trinajstić information content (AvgIpc) is 2.95. The number of aryl methyl sites for hydroxylation is 1. The van der Waals surface area contributed by atoms with Gasteiger partial charge in [-0.3, -0.25) is 4.79 Å². The van der Waals surface area contributed by atoms with Crippen LogP contribution in [0.15, 0.2) is 0 Å². The quantitative estimate of drug-likeness (QED) is 0.892. The van der Waals surface area contributed by atoms with Crippen LogP contribution < -0.4 is 5.32 Å². The minimum atomic E-state index is -0.0853. The van der Waals surface area contributed by atoms with Crippen LogP contribution in [0.2, 0.25) is 0 Å². The van der Waals surface area contributed by atoms with Crippen molar-refractivity contribution >= 4 is 5.91 Å². The lowest BCUT2D eigenvalue weighted by atomic mass is 9.80. The van der Waals surface area contributed by atoms with Crippen LogP contribution in [-0.2, 0) is 0 Å². The normalized spacial score (nSPS) is 22.4. The van der Waals surface area contributed by atoms with E-state index in [0.717, 1.165) is 19.4 Å². The number of nitrogens with one attached hydrogen (secondary N) is 2. The molecule has 2 fully saturated rings. The lowest BCUT2D eigenvalue weighted by Gasteiger charge is -2.42. The largest absolute Gasteiger partial charge is 0.344 e. The number of likely N-dealkylation sites (tertiary alicyclic amines) is 1. The van der Waals surface area contributed by atoms with Crippen LogP contribution in [0.3, 0.4) is 0 Å². The summed E-state index contributed by atoms with van der Waals surface area (Å²) in [5.74, 6) is -0.0786. The Balaban J connectivity index is 1.71. The molecule has 2 heterocycles. The maximum Gasteiger partial charge on any atom is 0.274 e. The molecule has 6 nitrogen and oxygen atoms in total. The third kappa shape index (κ3) is 3.48. The summed E-state index contributed by atoms with van der Waals surface area (Å²) < 4.78 is 0. The van der Waals surface area contributed by atoms with Gasteiger partial charge in [0.15, 0.2) is 5.69 Å². The number of hydrogen-bond acceptors (Lipinski definition) is 4. The fraction of sp³-hybridized carbons (Fsp3) is 0.812. The van der Waals surface area contributed by atoms with Crippen molar-refractivity contribution in [3.8, 4) is 0 Å². The Hall–Kier alpha value is -1.43. The van der Waals surface area contributed by atoms with Gasteiger partial charge in [-0.2, -0.15) is 15.4 Å². The van der Waals surface area contributed by atoms with E-state index < -0.39 is 0 Å². The summed E-state index contributed by atoms with van der Waals surface area (Å²) in [5, 5.41) is 13.8. The van der Waals surface area contributed by atoms with E-state index >= 15 is 0 Å². The number of hydrogen-bond donors (Lipinski definition) is 2. The summed E-state index contributed by atoms with van der Waals surface area (Å²) in [7, 11) is 0. The van der Waals surface area contributed by atoms with Crippen molar-refractivity contribution in [3.05, 3.63) is 11.4 Å². The molecule has 0 unspecified atom stereocenters. The van der Waals surface area contributed by atoms with Gasteiger partial charge in [0.2, 0.25) is 0 Å². The predicted molar refractivity (Wildman–Crippen MR) is 84.7 cm³/mol. The monoisotopic (exact) mass is 305 g/mol. The van der Waals surface area contributed by atoms with Crippen LogP contribution in [0.5, 0.6) is 0 Å². The third-order valence-electron chi connectivity index (χ3n) is 5.10. The van der Waals surface area contributed by atoms with Gasteiger partial charge in [0.25, 0.3) is 5.91 Å². The average molecular weight is 305 g/mol. The second kappa shape index (κ2) is 6.77. The minimum absolute atomic E-state index is 0.0786. The second-order valence-electron chi connectivity index (χ2n) is 6.89. The summed E-state index contributed by atoms with van der Waals surface area (Å²) in [6, 6.07) is 0. The van der Waals surface area contributed by atoms with Crippen molar-refractivity contribution in [2.24, 2.45) is 0 Å². The number of piperidine rings is 1. The van der Waals surface area contributed by atoms with E-state index in [9.17, 15) is 4.79 Å². The molecule has 0 bridgehead atoms. The Labute approximate surface area is 132 Å². The van der Waals surface area contributed by atoms with Crippen LogP contribution in [0, 0.1) is 6.92 Å². The Morgan fingerprint density at radius 3 is 2.45 bits per heavy atom. The van der Waals surface area contributed by atoms with Gasteiger partial charge >= 0.3 is 0 Å². The fourth-order valence-corrected chi connectivity index (χ4v) is 3.90. The van der Waals surface area contributed by atoms with Crippen LogP contribution >= 0.6 is 0 Å². The Morgan fingerprint density at radius 1 is 1.14 bits per heavy atom. The first-order valence-corrected chi connectivity index (χ1v) is 8.61. The maximum atomic E-state index is 12.6. The molecule has 122 valence electrons. The molecule has 0 spiro atoms. The summed E-state index contributed by atoms with van der Waals surface area (Å²) in [4.78, 5) is 15.1. The number of aromatic nitrogens is 3. The van der Waals surface area contributed by atoms with Gasteiger partial charge in [0.1, 0.15) is 0 Å². The van der Waals surface area contributed by atoms with Crippen LogP contribution in [0.25, 0.3) is 0 Å². The zero-order chi connectivity index (χ0) is 15.4. The van der Waals surface area contributed by atoms with Crippen LogP contribution in [-0.4, -0.2) is 51.4 Å². The summed E-state index contributed by atoms with van der Waals surface area (Å²) >= 11 is 0. The molecule has 0 atom stereocenters. The number of rotatable bonds is 4. The number of aromatic amines is 1. The van der Waals surface area contributed by atoms with Crippen molar-refractivity contribution in [2.45, 2.75) is 63.8 Å². The van der Waals surface area contributed by atoms with Crippen molar-refractivity contribution in [2.75, 3.05) is 19.6 Å². The Morgan fingerprint density at radius 2 is 1.82 bits per heavy atom. The highest BCUT2D eigenvalue weighted by molar-refractivity contribution is 5.93. The highest BCUT2D eigenvalue weighted by Gasteiger charge is 2.36. The van der Waals surface area contributed by atoms with E-state index in [4.69, 9.17) is 0 Å². The highest BCUT2D eigenvalue weighted by Crippen LogP contribution is 2.30. The lowest BCUT2D eigenvalue weighted by Crippen LogP contribution is -2.57. The zero-order valence-corrected chi connectivity index (χ0v) is 13.5. The van der Waals surface area contributed by atoms with Crippen molar-refractivity contribution in [1.82, 2.24) is 25.6 Å². The molecule has 3 rings (SSSR count). The summed E-state index contributed by atoms with van der Waals surface area (Å²) in [5.41, 5.74) is 1.02. The van der Waals surface area contributed by atoms with Gasteiger partial charge in [0.05, 0.1) is 11.2 Å². The van der Waals surface area contributed by atoms with Crippen LogP contribution in [0.1, 0.15) is 67.5 Å². The summed E-state index contributed by atoms with van der Waals surface area (Å²) in [6.45, 7) is 5.13. The smallest absolute Gasteiger partial charge is 0.274 e. The van der Waals surface area contributed by atoms with Crippen molar-refractivity contribution in [3.63, 3.8) is 0 Å². The minimum Gasteiger partial charge on any atom is -0.344 e. The molecule has 2 N–H and O–H groups in total. The van der Waals surface area contributed by atoms with E-state index in [1.54, 1.807) is 0 Å². The zero-order valence-electron chi connectivity index (χ0n) is 13.5. The predicted octanol–water partition coefficient (Wildman–Crippen LogP) is 2.03. The highest BCUT2D eigenvalue weighted by atomic mass is 16.2. The molecule has 1 aromatic rings. The molecule has 0 aromatic carbocycles. The first-order valence-electron chi connectivity index (χ1n) is 8.61. The van der Waals surface area contributed by atoms with E-state index in [0.29, 0.717) is 11.4 Å². The molecule has 1 saturated carbocycles. The molecule has 1 saturated heterocycles. The van der Waals surface area contributed by atoms with E-state index in [-0.39, 0.29) is 11.4 Å². The molecule has 1 aliphatic heterocycles. The van der Waals surface area contributed by atoms with Gasteiger partial charge in [0, 0.05) is 6.54 Å². The van der Waals surface area contributed by atoms with Gasteiger partial charge in [-0.05, 0) is 45.7 Å². The first kappa shape index (κ1) is 15.5. The number of H-pyrrole nitrogens is 1. The Bertz CT molecular complexity index is 500. The second-order valence-corrected chi connectivity index (χ2v) is 6.89. The lowest BCUT2D eigenvalue weighted by molar-refractivity contribution is 0.0778. The molecule has 22 heavy (non-hydrogen) atoms. The molecule has 1 aliphatic carbocycles. The van der Waals surface area contributed by atoms with Gasteiger partial charge in [-0.1, -0.05) is 25.7 Å². The fourth-order valence-electron chi connectivity index (χ4n) is 3.90. The molecular formula is C16H27N5O. The molecule has 6 heteroatoms. The third-order valence-corrected chi connectivity index (χ3v) is 5.10. The topological polar surface area (TPSA) is 73.9 Å². The van der Waals surface area contributed by atoms with Crippen molar-refractivity contribution < 1.29 is 4.79 Å². The van der Waals surface area contributed by atoms with Crippen LogP contribution in [0.4, 0.5) is 0 Å². The molecule has 1 amide bonds. The number of amides is 1. The molecular weight excluding hydrogens is 278 g/mol. The summed E-state index contributed by atoms with van der Waals surface area (Å²) in [6.07, 6.45) is 9.74. The SMILES string of the molecule is Cc1n[nH]nc1C(=O)NC1(CN2CCCCC2)CCCCC1. The standard InChI is InChI=1S/C16H27N5O/c1-13-14(19-20-18-13)15(22)17-16(8-4-2-5-9-16)12-21-10-6-3-7-11-21/h2-12H2,1H3,(H,17,22)(H,18,19,20). The Kier molecular flexibility index (Phi) is 4.76. The van der Waals surface area contributed by atoms with Gasteiger partial charge < -0.3 is 10.2 Å². The van der Waals surface area contributed by atoms with Gasteiger partial charge in [-0.25, -0.2) is 0 Å². The van der Waals surface area contributed by atoms with Crippen molar-refractivity contribution in [1.29, 1.82) is 0 Å². The number of nitrogens with zero attached hydrogens (tertiary/aromatic N) is 3.